The number of hydrogen-bond donors (Lipinski definition) is 1. The van der Waals surface area contributed by atoms with E-state index in [1.165, 1.54) is 30.0 Å². The van der Waals surface area contributed by atoms with E-state index in [2.05, 4.69) is 5.32 Å². The first-order chi connectivity index (χ1) is 16.6. The third-order valence-electron chi connectivity index (χ3n) is 4.75. The molecule has 0 radical (unpaired) electrons. The Morgan fingerprint density at radius 2 is 1.89 bits per heavy atom. The van der Waals surface area contributed by atoms with Gasteiger partial charge >= 0.3 is 6.18 Å². The molecule has 1 fully saturated rings. The van der Waals surface area contributed by atoms with E-state index in [0.717, 1.165) is 12.5 Å². The lowest BCUT2D eigenvalue weighted by atomic mass is 10.1. The van der Waals surface area contributed by atoms with E-state index in [9.17, 15) is 22.8 Å². The highest BCUT2D eigenvalue weighted by Gasteiger charge is 2.34. The maximum atomic E-state index is 13.1. The number of halogens is 3. The van der Waals surface area contributed by atoms with Crippen LogP contribution in [0.1, 0.15) is 31.4 Å². The van der Waals surface area contributed by atoms with Crippen molar-refractivity contribution in [1.82, 2.24) is 4.90 Å². The first-order valence-electron chi connectivity index (χ1n) is 10.7. The lowest BCUT2D eigenvalue weighted by Crippen LogP contribution is -2.28. The average molecular weight is 525 g/mol. The van der Waals surface area contributed by atoms with Crippen LogP contribution in [0, 0.1) is 0 Å². The number of para-hydroxylation sites is 1. The van der Waals surface area contributed by atoms with Gasteiger partial charge in [0.1, 0.15) is 4.32 Å². The first kappa shape index (κ1) is 26.6. The molecule has 0 unspecified atom stereocenters. The highest BCUT2D eigenvalue weighted by molar-refractivity contribution is 8.26. The number of nitrogens with zero attached hydrogens (tertiary/aromatic N) is 1. The predicted octanol–water partition coefficient (Wildman–Crippen LogP) is 5.73. The summed E-state index contributed by atoms with van der Waals surface area (Å²) in [6.07, 6.45) is -2.12. The van der Waals surface area contributed by atoms with Gasteiger partial charge in [-0.3, -0.25) is 14.5 Å². The molecule has 2 aromatic carbocycles. The van der Waals surface area contributed by atoms with Gasteiger partial charge in [-0.15, -0.1) is 0 Å². The summed E-state index contributed by atoms with van der Waals surface area (Å²) in [6.45, 7) is 4.07. The molecule has 11 heteroatoms. The van der Waals surface area contributed by atoms with Crippen LogP contribution in [0.2, 0.25) is 0 Å². The summed E-state index contributed by atoms with van der Waals surface area (Å²) in [5.41, 5.74) is -0.632. The van der Waals surface area contributed by atoms with Crippen LogP contribution in [0.5, 0.6) is 11.5 Å². The molecular formula is C24H23F3N2O4S2. The van der Waals surface area contributed by atoms with Gasteiger partial charge in [-0.25, -0.2) is 0 Å². The maximum absolute atomic E-state index is 13.1. The van der Waals surface area contributed by atoms with Gasteiger partial charge in [-0.1, -0.05) is 49.1 Å². The Labute approximate surface area is 210 Å². The van der Waals surface area contributed by atoms with E-state index in [1.807, 2.05) is 6.92 Å². The second kappa shape index (κ2) is 11.6. The Morgan fingerprint density at radius 3 is 2.57 bits per heavy atom. The van der Waals surface area contributed by atoms with Crippen molar-refractivity contribution < 1.29 is 32.2 Å². The van der Waals surface area contributed by atoms with Gasteiger partial charge in [-0.05, 0) is 49.2 Å². The molecule has 0 atom stereocenters. The molecule has 0 saturated carbocycles. The van der Waals surface area contributed by atoms with Crippen molar-refractivity contribution in [2.45, 2.75) is 26.4 Å². The summed E-state index contributed by atoms with van der Waals surface area (Å²) in [7, 11) is 0. The van der Waals surface area contributed by atoms with Crippen LogP contribution in [-0.2, 0) is 15.8 Å². The smallest absolute Gasteiger partial charge is 0.418 e. The number of nitrogens with one attached hydrogen (secondary N) is 1. The number of benzene rings is 2. The normalized spacial score (nSPS) is 15.0. The highest BCUT2D eigenvalue weighted by atomic mass is 32.2. The second-order valence-corrected chi connectivity index (χ2v) is 9.03. The SMILES string of the molecule is CCCN1C(=O)/C(=C/c2ccc(OCC(=O)Nc3ccccc3C(F)(F)F)c(OCC)c2)SC1=S. The maximum Gasteiger partial charge on any atom is 0.418 e. The lowest BCUT2D eigenvalue weighted by molar-refractivity contribution is -0.137. The monoisotopic (exact) mass is 524 g/mol. The molecule has 0 spiro atoms. The van der Waals surface area contributed by atoms with E-state index >= 15 is 0 Å². The molecule has 0 aromatic heterocycles. The standard InChI is InChI=1S/C24H23F3N2O4S2/c1-3-11-29-22(31)20(35-23(29)34)13-15-9-10-18(19(12-15)32-4-2)33-14-21(30)28-17-8-6-5-7-16(17)24(25,26)27/h5-10,12-13H,3-4,11,14H2,1-2H3,(H,28,30)/b20-13-. The largest absolute Gasteiger partial charge is 0.490 e. The van der Waals surface area contributed by atoms with Gasteiger partial charge < -0.3 is 14.8 Å². The molecule has 0 aliphatic carbocycles. The summed E-state index contributed by atoms with van der Waals surface area (Å²) in [4.78, 5) is 26.9. The molecule has 35 heavy (non-hydrogen) atoms. The Balaban J connectivity index is 1.72. The van der Waals surface area contributed by atoms with Crippen LogP contribution in [0.25, 0.3) is 6.08 Å². The number of thioether (sulfide) groups is 1. The third-order valence-corrected chi connectivity index (χ3v) is 6.13. The Hall–Kier alpha value is -3.05. The Kier molecular flexibility index (Phi) is 8.79. The van der Waals surface area contributed by atoms with E-state index in [0.29, 0.717) is 33.7 Å². The van der Waals surface area contributed by atoms with Crippen molar-refractivity contribution in [1.29, 1.82) is 0 Å². The van der Waals surface area contributed by atoms with Crippen LogP contribution < -0.4 is 14.8 Å². The molecule has 2 aromatic rings. The molecule has 3 rings (SSSR count). The number of amides is 2. The fraction of sp³-hybridized carbons (Fsp3) is 0.292. The summed E-state index contributed by atoms with van der Waals surface area (Å²) < 4.78 is 51.0. The minimum Gasteiger partial charge on any atom is -0.490 e. The molecule has 1 aliphatic heterocycles. The minimum absolute atomic E-state index is 0.157. The van der Waals surface area contributed by atoms with Crippen LogP contribution in [0.4, 0.5) is 18.9 Å². The van der Waals surface area contributed by atoms with Crippen LogP contribution in [0.3, 0.4) is 0 Å². The molecule has 1 aliphatic rings. The fourth-order valence-corrected chi connectivity index (χ4v) is 4.55. The Morgan fingerprint density at radius 1 is 1.14 bits per heavy atom. The molecule has 1 N–H and O–H groups in total. The van der Waals surface area contributed by atoms with E-state index in [-0.39, 0.29) is 17.3 Å². The van der Waals surface area contributed by atoms with E-state index in [1.54, 1.807) is 36.1 Å². The van der Waals surface area contributed by atoms with Gasteiger partial charge in [0.15, 0.2) is 18.1 Å². The van der Waals surface area contributed by atoms with Crippen molar-refractivity contribution in [2.75, 3.05) is 25.1 Å². The van der Waals surface area contributed by atoms with Gasteiger partial charge in [0.05, 0.1) is 22.8 Å². The molecular weight excluding hydrogens is 501 g/mol. The quantitative estimate of drug-likeness (QED) is 0.334. The lowest BCUT2D eigenvalue weighted by Gasteiger charge is -2.15. The van der Waals surface area contributed by atoms with Crippen molar-refractivity contribution >= 4 is 51.9 Å². The highest BCUT2D eigenvalue weighted by Crippen LogP contribution is 2.36. The number of carbonyl (C=O) groups is 2. The Bertz CT molecular complexity index is 1150. The molecule has 1 saturated heterocycles. The van der Waals surface area contributed by atoms with Gasteiger partial charge in [0, 0.05) is 6.54 Å². The summed E-state index contributed by atoms with van der Waals surface area (Å²) >= 11 is 6.50. The number of hydrogen-bond acceptors (Lipinski definition) is 6. The van der Waals surface area contributed by atoms with Crippen LogP contribution in [0.15, 0.2) is 47.4 Å². The zero-order valence-corrected chi connectivity index (χ0v) is 20.6. The number of carbonyl (C=O) groups excluding carboxylic acids is 2. The van der Waals surface area contributed by atoms with Crippen molar-refractivity contribution in [3.05, 3.63) is 58.5 Å². The number of anilines is 1. The number of alkyl halides is 3. The molecule has 0 bridgehead atoms. The summed E-state index contributed by atoms with van der Waals surface area (Å²) in [5.74, 6) is -0.348. The third kappa shape index (κ3) is 6.76. The van der Waals surface area contributed by atoms with Crippen LogP contribution in [-0.4, -0.2) is 40.8 Å². The minimum atomic E-state index is -4.60. The van der Waals surface area contributed by atoms with Gasteiger partial charge in [0.2, 0.25) is 0 Å². The summed E-state index contributed by atoms with van der Waals surface area (Å²) in [5, 5.41) is 2.23. The van der Waals surface area contributed by atoms with Crippen molar-refractivity contribution in [2.24, 2.45) is 0 Å². The number of rotatable bonds is 9. The number of thiocarbonyl (C=S) groups is 1. The predicted molar refractivity (Wildman–Crippen MR) is 133 cm³/mol. The van der Waals surface area contributed by atoms with Crippen LogP contribution >= 0.6 is 24.0 Å². The van der Waals surface area contributed by atoms with Crippen molar-refractivity contribution in [3.63, 3.8) is 0 Å². The molecule has 186 valence electrons. The fourth-order valence-electron chi connectivity index (χ4n) is 3.24. The molecule has 6 nitrogen and oxygen atoms in total. The molecule has 1 heterocycles. The zero-order valence-electron chi connectivity index (χ0n) is 19.0. The zero-order chi connectivity index (χ0) is 25.6. The second-order valence-electron chi connectivity index (χ2n) is 7.35. The van der Waals surface area contributed by atoms with Gasteiger partial charge in [-0.2, -0.15) is 13.2 Å². The topological polar surface area (TPSA) is 67.9 Å². The van der Waals surface area contributed by atoms with Crippen molar-refractivity contribution in [3.8, 4) is 11.5 Å². The van der Waals surface area contributed by atoms with Gasteiger partial charge in [0.25, 0.3) is 11.8 Å². The van der Waals surface area contributed by atoms with E-state index < -0.39 is 24.3 Å². The first-order valence-corrected chi connectivity index (χ1v) is 12.0. The summed E-state index contributed by atoms with van der Waals surface area (Å²) in [6, 6.07) is 9.60. The molecule has 2 amide bonds. The average Bonchev–Trinajstić information content (AvgIpc) is 3.06. The number of ether oxygens (including phenoxy) is 2. The van der Waals surface area contributed by atoms with E-state index in [4.69, 9.17) is 21.7 Å².